The van der Waals surface area contributed by atoms with Crippen LogP contribution in [0, 0.1) is 0 Å². The minimum atomic E-state index is -0.784. The van der Waals surface area contributed by atoms with Crippen molar-refractivity contribution >= 4 is 11.7 Å². The fraction of sp³-hybridized carbons (Fsp3) is 0.500. The van der Waals surface area contributed by atoms with Crippen LogP contribution in [-0.4, -0.2) is 38.0 Å². The molecular weight excluding hydrogens is 318 g/mol. The largest absolute Gasteiger partial charge is 0.388 e. The van der Waals surface area contributed by atoms with Crippen molar-refractivity contribution in [2.45, 2.75) is 50.7 Å². The van der Waals surface area contributed by atoms with Gasteiger partial charge in [0.2, 0.25) is 0 Å². The number of para-hydroxylation sites is 1. The van der Waals surface area contributed by atoms with E-state index in [0.717, 1.165) is 49.8 Å². The first-order valence-corrected chi connectivity index (χ1v) is 8.82. The van der Waals surface area contributed by atoms with E-state index in [0.29, 0.717) is 6.54 Å². The van der Waals surface area contributed by atoms with Crippen LogP contribution in [0.2, 0.25) is 0 Å². The highest BCUT2D eigenvalue weighted by atomic mass is 16.3. The molecule has 1 aliphatic rings. The quantitative estimate of drug-likeness (QED) is 0.728. The molecule has 7 nitrogen and oxygen atoms in total. The maximum absolute atomic E-state index is 12.3. The zero-order valence-electron chi connectivity index (χ0n) is 14.3. The van der Waals surface area contributed by atoms with Crippen LogP contribution in [0.4, 0.5) is 10.5 Å². The van der Waals surface area contributed by atoms with E-state index in [1.54, 1.807) is 11.0 Å². The number of carbonyl (C=O) groups excluding carboxylic acids is 1. The maximum atomic E-state index is 12.3. The minimum Gasteiger partial charge on any atom is -0.388 e. The summed E-state index contributed by atoms with van der Waals surface area (Å²) in [5.74, 6) is 0. The SMILES string of the molecule is O=C(NCC1(O)CCCCCC1)Nc1ccccc1Cn1cncn1. The smallest absolute Gasteiger partial charge is 0.319 e. The first-order chi connectivity index (χ1) is 12.1. The van der Waals surface area contributed by atoms with Gasteiger partial charge in [0.1, 0.15) is 12.7 Å². The van der Waals surface area contributed by atoms with Crippen molar-refractivity contribution in [2.24, 2.45) is 0 Å². The predicted octanol–water partition coefficient (Wildman–Crippen LogP) is 2.53. The Labute approximate surface area is 147 Å². The summed E-state index contributed by atoms with van der Waals surface area (Å²) in [5.41, 5.74) is 0.883. The Bertz CT molecular complexity index is 679. The molecule has 25 heavy (non-hydrogen) atoms. The Morgan fingerprint density at radius 2 is 1.96 bits per heavy atom. The monoisotopic (exact) mass is 343 g/mol. The molecule has 1 aromatic heterocycles. The van der Waals surface area contributed by atoms with Crippen molar-refractivity contribution in [3.8, 4) is 0 Å². The second-order valence-electron chi connectivity index (χ2n) is 6.70. The van der Waals surface area contributed by atoms with E-state index in [1.165, 1.54) is 6.33 Å². The second kappa shape index (κ2) is 8.11. The molecule has 1 aliphatic carbocycles. The minimum absolute atomic E-state index is 0.282. The number of nitrogens with one attached hydrogen (secondary N) is 2. The number of amides is 2. The summed E-state index contributed by atoms with van der Waals surface area (Å²) in [6, 6.07) is 7.29. The van der Waals surface area contributed by atoms with Crippen LogP contribution in [0.25, 0.3) is 0 Å². The maximum Gasteiger partial charge on any atom is 0.319 e. The summed E-state index contributed by atoms with van der Waals surface area (Å²) in [4.78, 5) is 16.2. The third-order valence-corrected chi connectivity index (χ3v) is 4.68. The Morgan fingerprint density at radius 3 is 2.68 bits per heavy atom. The lowest BCUT2D eigenvalue weighted by atomic mass is 9.95. The molecule has 134 valence electrons. The third-order valence-electron chi connectivity index (χ3n) is 4.68. The van der Waals surface area contributed by atoms with Gasteiger partial charge in [0.25, 0.3) is 0 Å². The van der Waals surface area contributed by atoms with Gasteiger partial charge in [-0.15, -0.1) is 0 Å². The van der Waals surface area contributed by atoms with E-state index >= 15 is 0 Å². The third kappa shape index (κ3) is 5.03. The molecule has 1 fully saturated rings. The highest BCUT2D eigenvalue weighted by Gasteiger charge is 2.28. The van der Waals surface area contributed by atoms with Crippen molar-refractivity contribution in [3.05, 3.63) is 42.5 Å². The van der Waals surface area contributed by atoms with Crippen LogP contribution < -0.4 is 10.6 Å². The summed E-state index contributed by atoms with van der Waals surface area (Å²) in [7, 11) is 0. The van der Waals surface area contributed by atoms with E-state index in [9.17, 15) is 9.90 Å². The summed E-state index contributed by atoms with van der Waals surface area (Å²) in [5, 5.41) is 20.4. The number of anilines is 1. The summed E-state index contributed by atoms with van der Waals surface area (Å²) < 4.78 is 1.70. The highest BCUT2D eigenvalue weighted by molar-refractivity contribution is 5.90. The van der Waals surface area contributed by atoms with Gasteiger partial charge in [0.05, 0.1) is 12.1 Å². The molecule has 1 saturated carbocycles. The molecule has 0 bridgehead atoms. The molecule has 3 rings (SSSR count). The Morgan fingerprint density at radius 1 is 1.20 bits per heavy atom. The first kappa shape index (κ1) is 17.4. The Hall–Kier alpha value is -2.41. The summed E-state index contributed by atoms with van der Waals surface area (Å²) in [6.07, 6.45) is 8.95. The average Bonchev–Trinajstić information content (AvgIpc) is 3.02. The van der Waals surface area contributed by atoms with Crippen LogP contribution in [0.5, 0.6) is 0 Å². The molecule has 2 amide bonds. The van der Waals surface area contributed by atoms with Gasteiger partial charge >= 0.3 is 6.03 Å². The van der Waals surface area contributed by atoms with Crippen LogP contribution in [0.3, 0.4) is 0 Å². The first-order valence-electron chi connectivity index (χ1n) is 8.82. The molecule has 7 heteroatoms. The average molecular weight is 343 g/mol. The van der Waals surface area contributed by atoms with Crippen LogP contribution in [0.1, 0.15) is 44.1 Å². The molecule has 0 aliphatic heterocycles. The zero-order valence-corrected chi connectivity index (χ0v) is 14.3. The zero-order chi connectivity index (χ0) is 17.5. The molecular formula is C18H25N5O2. The van der Waals surface area contributed by atoms with Gasteiger partial charge in [-0.2, -0.15) is 5.10 Å². The fourth-order valence-electron chi connectivity index (χ4n) is 3.24. The number of aliphatic hydroxyl groups is 1. The molecule has 0 atom stereocenters. The van der Waals surface area contributed by atoms with Gasteiger partial charge in [-0.1, -0.05) is 43.9 Å². The van der Waals surface area contributed by atoms with Crippen LogP contribution >= 0.6 is 0 Å². The van der Waals surface area contributed by atoms with Crippen molar-refractivity contribution in [1.29, 1.82) is 0 Å². The molecule has 1 heterocycles. The van der Waals surface area contributed by atoms with E-state index in [1.807, 2.05) is 24.3 Å². The molecule has 0 unspecified atom stereocenters. The van der Waals surface area contributed by atoms with Crippen molar-refractivity contribution in [1.82, 2.24) is 20.1 Å². The molecule has 2 aromatic rings. The molecule has 0 spiro atoms. The number of nitrogens with zero attached hydrogens (tertiary/aromatic N) is 3. The number of hydrogen-bond donors (Lipinski definition) is 3. The van der Waals surface area contributed by atoms with Gasteiger partial charge < -0.3 is 15.7 Å². The number of rotatable bonds is 5. The highest BCUT2D eigenvalue weighted by Crippen LogP contribution is 2.26. The number of hydrogen-bond acceptors (Lipinski definition) is 4. The van der Waals surface area contributed by atoms with Crippen molar-refractivity contribution in [3.63, 3.8) is 0 Å². The predicted molar refractivity (Wildman–Crippen MR) is 95.2 cm³/mol. The van der Waals surface area contributed by atoms with Crippen molar-refractivity contribution < 1.29 is 9.90 Å². The van der Waals surface area contributed by atoms with Gasteiger partial charge in [-0.3, -0.25) is 0 Å². The number of benzene rings is 1. The molecule has 0 saturated heterocycles. The van der Waals surface area contributed by atoms with E-state index < -0.39 is 5.60 Å². The van der Waals surface area contributed by atoms with Gasteiger partial charge in [-0.25, -0.2) is 14.5 Å². The number of carbonyl (C=O) groups is 1. The standard InChI is InChI=1S/C18H25N5O2/c24-17(20-12-18(25)9-5-1-2-6-10-18)22-16-8-4-3-7-15(16)11-23-14-19-13-21-23/h3-4,7-8,13-14,25H,1-2,5-6,9-12H2,(H2,20,22,24). The van der Waals surface area contributed by atoms with Crippen LogP contribution in [-0.2, 0) is 6.54 Å². The van der Waals surface area contributed by atoms with Gasteiger partial charge in [0, 0.05) is 12.2 Å². The number of aromatic nitrogens is 3. The Kier molecular flexibility index (Phi) is 5.65. The van der Waals surface area contributed by atoms with E-state index in [-0.39, 0.29) is 12.6 Å². The molecule has 0 radical (unpaired) electrons. The number of urea groups is 1. The lowest BCUT2D eigenvalue weighted by molar-refractivity contribution is 0.0281. The summed E-state index contributed by atoms with van der Waals surface area (Å²) >= 11 is 0. The second-order valence-corrected chi connectivity index (χ2v) is 6.70. The van der Waals surface area contributed by atoms with Gasteiger partial charge in [0.15, 0.2) is 0 Å². The molecule has 3 N–H and O–H groups in total. The van der Waals surface area contributed by atoms with E-state index in [4.69, 9.17) is 0 Å². The Balaban J connectivity index is 1.57. The molecule has 1 aromatic carbocycles. The van der Waals surface area contributed by atoms with E-state index in [2.05, 4.69) is 20.7 Å². The van der Waals surface area contributed by atoms with Crippen LogP contribution in [0.15, 0.2) is 36.9 Å². The normalized spacial score (nSPS) is 16.8. The summed E-state index contributed by atoms with van der Waals surface area (Å²) in [6.45, 7) is 0.810. The van der Waals surface area contributed by atoms with Crippen molar-refractivity contribution in [2.75, 3.05) is 11.9 Å². The topological polar surface area (TPSA) is 92.1 Å². The lowest BCUT2D eigenvalue weighted by Gasteiger charge is -2.26. The fourth-order valence-corrected chi connectivity index (χ4v) is 3.24. The lowest BCUT2D eigenvalue weighted by Crippen LogP contribution is -2.44. The van der Waals surface area contributed by atoms with Gasteiger partial charge in [-0.05, 0) is 24.5 Å².